The molecule has 6 rings (SSSR count). The zero-order valence-electron chi connectivity index (χ0n) is 40.4. The molecule has 4 N–H and O–H groups in total. The third-order valence-electron chi connectivity index (χ3n) is 14.3. The van der Waals surface area contributed by atoms with E-state index < -0.39 is 118 Å². The zero-order valence-corrected chi connectivity index (χ0v) is 40.4. The van der Waals surface area contributed by atoms with Crippen LogP contribution in [0, 0.1) is 22.7 Å². The number of hydrogen-bond donors (Lipinski definition) is 4. The molecule has 370 valence electrons. The molecule has 3 aliphatic carbocycles. The van der Waals surface area contributed by atoms with Crippen LogP contribution in [-0.2, 0) is 52.4 Å². The minimum atomic E-state index is -2.44. The molecule has 0 aromatic heterocycles. The van der Waals surface area contributed by atoms with Crippen molar-refractivity contribution in [1.82, 2.24) is 5.32 Å². The Kier molecular flexibility index (Phi) is 14.9. The van der Waals surface area contributed by atoms with Crippen molar-refractivity contribution in [1.29, 1.82) is 0 Å². The fraction of sp³-hybridized carbons (Fsp3) is 0.588. The van der Waals surface area contributed by atoms with Crippen molar-refractivity contribution in [3.63, 3.8) is 0 Å². The predicted octanol–water partition coefficient (Wildman–Crippen LogP) is 5.21. The van der Waals surface area contributed by atoms with E-state index in [2.05, 4.69) is 5.32 Å². The quantitative estimate of drug-likeness (QED) is 0.108. The highest BCUT2D eigenvalue weighted by Crippen LogP contribution is 2.64. The van der Waals surface area contributed by atoms with Crippen molar-refractivity contribution in [2.75, 3.05) is 6.61 Å². The van der Waals surface area contributed by atoms with Crippen molar-refractivity contribution in [3.05, 3.63) is 82.9 Å². The molecule has 2 bridgehead atoms. The van der Waals surface area contributed by atoms with Crippen LogP contribution in [0.2, 0.25) is 0 Å². The fourth-order valence-corrected chi connectivity index (χ4v) is 10.6. The average Bonchev–Trinajstić information content (AvgIpc) is 3.25. The number of aliphatic hydroxyl groups is 3. The Morgan fingerprint density at radius 1 is 0.912 bits per heavy atom. The van der Waals surface area contributed by atoms with E-state index in [-0.39, 0.29) is 60.7 Å². The lowest BCUT2D eigenvalue weighted by Gasteiger charge is -2.67. The lowest BCUT2D eigenvalue weighted by molar-refractivity contribution is -0.346. The van der Waals surface area contributed by atoms with Crippen LogP contribution < -0.4 is 5.32 Å². The number of nitrogens with one attached hydrogen (secondary N) is 1. The molecular formula is C51H65NO16. The normalized spacial score (nSPS) is 30.4. The number of amides is 1. The molecule has 2 aromatic rings. The smallest absolute Gasteiger partial charge is 0.408 e. The molecule has 2 aromatic carbocycles. The number of ketones is 2. The molecule has 1 saturated heterocycles. The minimum Gasteiger partial charge on any atom is -0.461 e. The van der Waals surface area contributed by atoms with Crippen LogP contribution in [0.1, 0.15) is 123 Å². The summed E-state index contributed by atoms with van der Waals surface area (Å²) in [5.41, 5.74) is -8.68. The van der Waals surface area contributed by atoms with E-state index in [1.807, 2.05) is 0 Å². The summed E-state index contributed by atoms with van der Waals surface area (Å²) in [6.45, 7) is 15.2. The van der Waals surface area contributed by atoms with E-state index >= 15 is 4.79 Å². The first-order valence-corrected chi connectivity index (χ1v) is 23.1. The van der Waals surface area contributed by atoms with Crippen molar-refractivity contribution >= 4 is 41.5 Å². The predicted molar refractivity (Wildman–Crippen MR) is 241 cm³/mol. The Labute approximate surface area is 396 Å². The van der Waals surface area contributed by atoms with Gasteiger partial charge < -0.3 is 49.1 Å². The van der Waals surface area contributed by atoms with Gasteiger partial charge in [0.05, 0.1) is 29.5 Å². The molecule has 2 saturated carbocycles. The second-order valence-corrected chi connectivity index (χ2v) is 20.5. The Morgan fingerprint density at radius 3 is 2.09 bits per heavy atom. The first-order chi connectivity index (χ1) is 31.7. The van der Waals surface area contributed by atoms with Crippen molar-refractivity contribution in [2.45, 2.75) is 161 Å². The van der Waals surface area contributed by atoms with E-state index in [0.29, 0.717) is 5.56 Å². The molecule has 1 amide bonds. The van der Waals surface area contributed by atoms with Gasteiger partial charge in [-0.3, -0.25) is 19.2 Å². The molecule has 11 atom stereocenters. The van der Waals surface area contributed by atoms with Crippen LogP contribution in [0.4, 0.5) is 4.79 Å². The van der Waals surface area contributed by atoms with E-state index in [1.165, 1.54) is 39.8 Å². The zero-order chi connectivity index (χ0) is 50.3. The van der Waals surface area contributed by atoms with Gasteiger partial charge in [-0.15, -0.1) is 0 Å². The highest BCUT2D eigenvalue weighted by Gasteiger charge is 2.78. The van der Waals surface area contributed by atoms with Gasteiger partial charge in [0.15, 0.2) is 17.5 Å². The standard InChI is InChI=1S/C51H65NO16/c1-27(2)32(54)22-17-23-36(55)65-34-24-35-50(26-63-35,67-29(4)53)41-43(66-44(59)31-20-15-12-16-21-31)51(62)25-33(28(3)37(48(51,8)9)39(56)42(58)49(34,41)10)64-45(60)40(57)38(30-18-13-11-14-19-30)52-46(61)68-47(5,6)7/h11-16,18-21,27,33-35,38-41,43,56-57,62H,17,22-26H2,1-10H3,(H,52,61)/t33-,34-,35+,38-,39+,40+,41-,43-,49+,50-,51+/m0/s1. The lowest BCUT2D eigenvalue weighted by atomic mass is 9.44. The molecular weight excluding hydrogens is 883 g/mol. The van der Waals surface area contributed by atoms with Gasteiger partial charge in [-0.2, -0.15) is 0 Å². The SMILES string of the molecule is CC(=O)O[C@@]12CO[C@@H]1C[C@H](OC(=O)CCCC(=O)C(C)C)[C@@]1(C)C(=O)[C@H](O)C3=C(C)[C@@H](OC(=O)[C@H](O)[C@@H](NC(=O)OC(C)(C)C)c4ccccc4)C[C@@](O)([C@@H](OC(=O)c4ccccc4)[C@H]21)C3(C)C. The van der Waals surface area contributed by atoms with Crippen LogP contribution >= 0.6 is 0 Å². The van der Waals surface area contributed by atoms with Gasteiger partial charge in [-0.05, 0) is 69.9 Å². The van der Waals surface area contributed by atoms with Crippen LogP contribution in [-0.4, -0.2) is 117 Å². The van der Waals surface area contributed by atoms with Crippen molar-refractivity contribution in [3.8, 4) is 0 Å². The van der Waals surface area contributed by atoms with Gasteiger partial charge >= 0.3 is 30.0 Å². The summed E-state index contributed by atoms with van der Waals surface area (Å²) in [5, 5.41) is 40.6. The van der Waals surface area contributed by atoms with Gasteiger partial charge in [0, 0.05) is 43.9 Å². The van der Waals surface area contributed by atoms with E-state index in [0.717, 1.165) is 6.92 Å². The largest absolute Gasteiger partial charge is 0.461 e. The minimum absolute atomic E-state index is 0.0417. The number of alkyl carbamates (subject to hydrolysis) is 1. The summed E-state index contributed by atoms with van der Waals surface area (Å²) in [6.07, 6.45) is -11.8. The first kappa shape index (κ1) is 51.9. The number of esters is 4. The summed E-state index contributed by atoms with van der Waals surface area (Å²) in [5.74, 6) is -6.71. The number of rotatable bonds is 14. The molecule has 0 radical (unpaired) electrons. The third kappa shape index (κ3) is 9.72. The lowest BCUT2D eigenvalue weighted by Crippen LogP contribution is -2.82. The van der Waals surface area contributed by atoms with Crippen LogP contribution in [0.5, 0.6) is 0 Å². The summed E-state index contributed by atoms with van der Waals surface area (Å²) >= 11 is 0. The highest BCUT2D eigenvalue weighted by atomic mass is 16.6. The third-order valence-corrected chi connectivity index (χ3v) is 14.3. The Balaban J connectivity index is 1.50. The monoisotopic (exact) mass is 947 g/mol. The van der Waals surface area contributed by atoms with Gasteiger partial charge in [0.1, 0.15) is 47.5 Å². The average molecular weight is 948 g/mol. The topological polar surface area (TPSA) is 248 Å². The molecule has 1 aliphatic heterocycles. The number of carbonyl (C=O) groups excluding carboxylic acids is 7. The maximum atomic E-state index is 15.6. The molecule has 0 spiro atoms. The second-order valence-electron chi connectivity index (χ2n) is 20.5. The molecule has 3 fully saturated rings. The summed E-state index contributed by atoms with van der Waals surface area (Å²) in [7, 11) is 0. The maximum absolute atomic E-state index is 15.6. The molecule has 0 unspecified atom stereocenters. The second kappa shape index (κ2) is 19.5. The molecule has 17 heteroatoms. The summed E-state index contributed by atoms with van der Waals surface area (Å²) in [6, 6.07) is 14.5. The number of aliphatic hydroxyl groups excluding tert-OH is 2. The molecule has 1 heterocycles. The number of carbonyl (C=O) groups is 7. The van der Waals surface area contributed by atoms with E-state index in [4.69, 9.17) is 28.4 Å². The first-order valence-electron chi connectivity index (χ1n) is 23.1. The van der Waals surface area contributed by atoms with Gasteiger partial charge in [-0.25, -0.2) is 14.4 Å². The number of ether oxygens (including phenoxy) is 6. The molecule has 68 heavy (non-hydrogen) atoms. The Bertz CT molecular complexity index is 2300. The Morgan fingerprint density at radius 2 is 1.53 bits per heavy atom. The van der Waals surface area contributed by atoms with E-state index in [1.54, 1.807) is 83.1 Å². The number of Topliss-reactive ketones (excluding diaryl/α,β-unsaturated/α-hetero) is 2. The molecule has 17 nitrogen and oxygen atoms in total. The number of fused-ring (bicyclic) bond motifs is 5. The van der Waals surface area contributed by atoms with Gasteiger partial charge in [0.25, 0.3) is 0 Å². The number of hydrogen-bond acceptors (Lipinski definition) is 16. The summed E-state index contributed by atoms with van der Waals surface area (Å²) in [4.78, 5) is 96.8. The van der Waals surface area contributed by atoms with E-state index in [9.17, 15) is 44.1 Å². The Hall–Kier alpha value is -5.49. The van der Waals surface area contributed by atoms with Crippen LogP contribution in [0.15, 0.2) is 71.8 Å². The number of benzene rings is 2. The van der Waals surface area contributed by atoms with Crippen molar-refractivity contribution < 1.29 is 77.3 Å². The van der Waals surface area contributed by atoms with Gasteiger partial charge in [0.2, 0.25) is 0 Å². The fourth-order valence-electron chi connectivity index (χ4n) is 10.6. The van der Waals surface area contributed by atoms with Crippen LogP contribution in [0.3, 0.4) is 0 Å². The molecule has 4 aliphatic rings. The van der Waals surface area contributed by atoms with Crippen molar-refractivity contribution in [2.24, 2.45) is 22.7 Å². The maximum Gasteiger partial charge on any atom is 0.408 e. The highest BCUT2D eigenvalue weighted by molar-refractivity contribution is 5.94. The van der Waals surface area contributed by atoms with Crippen LogP contribution in [0.25, 0.3) is 0 Å². The summed E-state index contributed by atoms with van der Waals surface area (Å²) < 4.78 is 36.3. The van der Waals surface area contributed by atoms with Gasteiger partial charge in [-0.1, -0.05) is 76.2 Å².